The molecule has 0 spiro atoms. The average molecular weight is 256 g/mol. The van der Waals surface area contributed by atoms with E-state index in [4.69, 9.17) is 9.15 Å². The largest absolute Gasteiger partial charge is 0.459 e. The fourth-order valence-corrected chi connectivity index (χ4v) is 2.93. The predicted octanol–water partition coefficient (Wildman–Crippen LogP) is 2.67. The van der Waals surface area contributed by atoms with Gasteiger partial charge in [-0.05, 0) is 19.8 Å². The van der Waals surface area contributed by atoms with E-state index in [0.717, 1.165) is 0 Å². The third-order valence-electron chi connectivity index (χ3n) is 2.68. The van der Waals surface area contributed by atoms with Gasteiger partial charge in [0.1, 0.15) is 0 Å². The summed E-state index contributed by atoms with van der Waals surface area (Å²) in [5.74, 6) is -0.597. The first-order valence-electron chi connectivity index (χ1n) is 5.97. The van der Waals surface area contributed by atoms with Gasteiger partial charge in [-0.25, -0.2) is 4.79 Å². The third-order valence-corrected chi connectivity index (χ3v) is 3.85. The van der Waals surface area contributed by atoms with E-state index in [1.807, 2.05) is 0 Å². The Bertz CT molecular complexity index is 375. The predicted molar refractivity (Wildman–Crippen MR) is 63.0 cm³/mol. The first kappa shape index (κ1) is 12.4. The molecule has 0 amide bonds. The molecule has 0 N–H and O–H groups in total. The molecule has 6 heteroatoms. The van der Waals surface area contributed by atoms with Gasteiger partial charge in [0, 0.05) is 5.25 Å². The van der Waals surface area contributed by atoms with Crippen molar-refractivity contribution in [2.45, 2.75) is 49.5 Å². The molecule has 0 aromatic carbocycles. The van der Waals surface area contributed by atoms with Crippen LogP contribution in [-0.2, 0) is 4.74 Å². The van der Waals surface area contributed by atoms with Crippen LogP contribution in [-0.4, -0.2) is 28.0 Å². The summed E-state index contributed by atoms with van der Waals surface area (Å²) >= 11 is 1.57. The van der Waals surface area contributed by atoms with E-state index in [1.165, 1.54) is 32.1 Å². The molecule has 94 valence electrons. The molecule has 1 heterocycles. The number of hydrogen-bond acceptors (Lipinski definition) is 6. The number of nitrogens with zero attached hydrogens (tertiary/aromatic N) is 2. The number of thioether (sulfide) groups is 1. The fraction of sp³-hybridized carbons (Fsp3) is 0.727. The SMILES string of the molecule is CCOC(=O)c1nnc(SC2CCCCC2)o1. The van der Waals surface area contributed by atoms with Crippen LogP contribution in [0.25, 0.3) is 0 Å². The zero-order valence-electron chi connectivity index (χ0n) is 9.85. The maximum atomic E-state index is 11.3. The van der Waals surface area contributed by atoms with Gasteiger partial charge < -0.3 is 9.15 Å². The van der Waals surface area contributed by atoms with Gasteiger partial charge >= 0.3 is 11.9 Å². The number of hydrogen-bond donors (Lipinski definition) is 0. The van der Waals surface area contributed by atoms with Gasteiger partial charge in [-0.3, -0.25) is 0 Å². The molecule has 1 aliphatic carbocycles. The van der Waals surface area contributed by atoms with Gasteiger partial charge in [-0.1, -0.05) is 36.1 Å². The second kappa shape index (κ2) is 6.05. The Morgan fingerprint density at radius 2 is 2.18 bits per heavy atom. The summed E-state index contributed by atoms with van der Waals surface area (Å²) in [6.45, 7) is 2.05. The Morgan fingerprint density at radius 3 is 2.88 bits per heavy atom. The van der Waals surface area contributed by atoms with Crippen molar-refractivity contribution in [3.63, 3.8) is 0 Å². The molecule has 0 bridgehead atoms. The summed E-state index contributed by atoms with van der Waals surface area (Å²) in [5.41, 5.74) is 0. The van der Waals surface area contributed by atoms with Crippen LogP contribution in [0.1, 0.15) is 49.7 Å². The van der Waals surface area contributed by atoms with Gasteiger partial charge in [0.25, 0.3) is 5.22 Å². The first-order valence-corrected chi connectivity index (χ1v) is 6.85. The molecule has 2 rings (SSSR count). The number of carbonyl (C=O) groups excluding carboxylic acids is 1. The maximum absolute atomic E-state index is 11.3. The zero-order valence-corrected chi connectivity index (χ0v) is 10.7. The van der Waals surface area contributed by atoms with Crippen LogP contribution in [0.4, 0.5) is 0 Å². The molecule has 0 saturated heterocycles. The molecular weight excluding hydrogens is 240 g/mol. The van der Waals surface area contributed by atoms with Crippen molar-refractivity contribution < 1.29 is 13.9 Å². The number of carbonyl (C=O) groups is 1. The summed E-state index contributed by atoms with van der Waals surface area (Å²) in [7, 11) is 0. The third kappa shape index (κ3) is 3.46. The zero-order chi connectivity index (χ0) is 12.1. The maximum Gasteiger partial charge on any atom is 0.396 e. The van der Waals surface area contributed by atoms with Crippen molar-refractivity contribution >= 4 is 17.7 Å². The van der Waals surface area contributed by atoms with E-state index in [-0.39, 0.29) is 5.89 Å². The normalized spacial score (nSPS) is 17.0. The number of aromatic nitrogens is 2. The second-order valence-electron chi connectivity index (χ2n) is 3.97. The molecule has 0 atom stereocenters. The number of rotatable bonds is 4. The van der Waals surface area contributed by atoms with Gasteiger partial charge in [0.2, 0.25) is 0 Å². The van der Waals surface area contributed by atoms with Gasteiger partial charge in [-0.15, -0.1) is 5.10 Å². The van der Waals surface area contributed by atoms with Crippen LogP contribution in [0.15, 0.2) is 9.64 Å². The molecule has 17 heavy (non-hydrogen) atoms. The summed E-state index contributed by atoms with van der Waals surface area (Å²) in [4.78, 5) is 11.3. The Hall–Kier alpha value is -1.04. The first-order chi connectivity index (χ1) is 8.29. The smallest absolute Gasteiger partial charge is 0.396 e. The van der Waals surface area contributed by atoms with Crippen LogP contribution in [0, 0.1) is 0 Å². The highest BCUT2D eigenvalue weighted by Crippen LogP contribution is 2.32. The number of esters is 1. The lowest BCUT2D eigenvalue weighted by Gasteiger charge is -2.18. The molecule has 0 aliphatic heterocycles. The van der Waals surface area contributed by atoms with Crippen LogP contribution in [0.2, 0.25) is 0 Å². The van der Waals surface area contributed by atoms with E-state index in [1.54, 1.807) is 18.7 Å². The highest BCUT2D eigenvalue weighted by Gasteiger charge is 2.20. The molecule has 1 saturated carbocycles. The Morgan fingerprint density at radius 1 is 1.41 bits per heavy atom. The van der Waals surface area contributed by atoms with E-state index in [2.05, 4.69) is 10.2 Å². The van der Waals surface area contributed by atoms with E-state index in [0.29, 0.717) is 17.1 Å². The average Bonchev–Trinajstić information content (AvgIpc) is 2.79. The van der Waals surface area contributed by atoms with Gasteiger partial charge in [-0.2, -0.15) is 0 Å². The van der Waals surface area contributed by atoms with Crippen molar-refractivity contribution in [3.05, 3.63) is 5.89 Å². The topological polar surface area (TPSA) is 65.2 Å². The lowest BCUT2D eigenvalue weighted by Crippen LogP contribution is -2.07. The Balaban J connectivity index is 1.91. The van der Waals surface area contributed by atoms with E-state index in [9.17, 15) is 4.79 Å². The minimum absolute atomic E-state index is 0.0508. The van der Waals surface area contributed by atoms with E-state index < -0.39 is 5.97 Å². The highest BCUT2D eigenvalue weighted by molar-refractivity contribution is 7.99. The van der Waals surface area contributed by atoms with Crippen molar-refractivity contribution in [3.8, 4) is 0 Å². The Kier molecular flexibility index (Phi) is 4.42. The van der Waals surface area contributed by atoms with Gasteiger partial charge in [0.05, 0.1) is 6.61 Å². The molecule has 1 fully saturated rings. The molecule has 0 radical (unpaired) electrons. The van der Waals surface area contributed by atoms with Crippen LogP contribution >= 0.6 is 11.8 Å². The molecule has 0 unspecified atom stereocenters. The van der Waals surface area contributed by atoms with Crippen molar-refractivity contribution in [2.75, 3.05) is 6.61 Å². The van der Waals surface area contributed by atoms with Crippen LogP contribution < -0.4 is 0 Å². The minimum Gasteiger partial charge on any atom is -0.459 e. The molecule has 1 aromatic rings. The highest BCUT2D eigenvalue weighted by atomic mass is 32.2. The fourth-order valence-electron chi connectivity index (χ4n) is 1.86. The monoisotopic (exact) mass is 256 g/mol. The minimum atomic E-state index is -0.546. The molecular formula is C11H16N2O3S. The summed E-state index contributed by atoms with van der Waals surface area (Å²) < 4.78 is 10.1. The van der Waals surface area contributed by atoms with Crippen molar-refractivity contribution in [1.82, 2.24) is 10.2 Å². The lowest BCUT2D eigenvalue weighted by atomic mass is 10.0. The van der Waals surface area contributed by atoms with Crippen molar-refractivity contribution in [1.29, 1.82) is 0 Å². The van der Waals surface area contributed by atoms with Gasteiger partial charge in [0.15, 0.2) is 0 Å². The Labute approximate surface area is 104 Å². The summed E-state index contributed by atoms with van der Waals surface area (Å²) in [6, 6.07) is 0. The summed E-state index contributed by atoms with van der Waals surface area (Å²) in [6.07, 6.45) is 6.20. The molecule has 1 aliphatic rings. The molecule has 1 aromatic heterocycles. The summed E-state index contributed by atoms with van der Waals surface area (Å²) in [5, 5.41) is 8.56. The second-order valence-corrected chi connectivity index (χ2v) is 5.22. The standard InChI is InChI=1S/C11H16N2O3S/c1-2-15-10(14)9-12-13-11(16-9)17-8-6-4-3-5-7-8/h8H,2-7H2,1H3. The van der Waals surface area contributed by atoms with Crippen LogP contribution in [0.3, 0.4) is 0 Å². The molecule has 5 nitrogen and oxygen atoms in total. The van der Waals surface area contributed by atoms with Crippen molar-refractivity contribution in [2.24, 2.45) is 0 Å². The number of ether oxygens (including phenoxy) is 1. The van der Waals surface area contributed by atoms with Crippen LogP contribution in [0.5, 0.6) is 0 Å². The lowest BCUT2D eigenvalue weighted by molar-refractivity contribution is 0.0475. The quantitative estimate of drug-likeness (QED) is 0.772. The van der Waals surface area contributed by atoms with E-state index >= 15 is 0 Å².